The Kier molecular flexibility index (Phi) is 6.72. The van der Waals surface area contributed by atoms with Gasteiger partial charge in [0.1, 0.15) is 21.8 Å². The minimum absolute atomic E-state index is 0.323. The molecule has 1 heterocycles. The molecule has 0 spiro atoms. The van der Waals surface area contributed by atoms with Crippen LogP contribution in [0.15, 0.2) is 29.2 Å². The lowest BCUT2D eigenvalue weighted by atomic mass is 10.3. The van der Waals surface area contributed by atoms with E-state index in [1.807, 2.05) is 6.92 Å². The zero-order chi connectivity index (χ0) is 14.3. The molecule has 7 heteroatoms. The largest absolute Gasteiger partial charge is 0.386 e. The molecule has 0 saturated carbocycles. The predicted octanol–water partition coefficient (Wildman–Crippen LogP) is 2.89. The van der Waals surface area contributed by atoms with Crippen molar-refractivity contribution in [2.24, 2.45) is 0 Å². The SMILES string of the molecule is C/C=C(NC)\C(F)=C/CCS(=O)Nc1scnc1C. The van der Waals surface area contributed by atoms with Crippen LogP contribution >= 0.6 is 11.3 Å². The quantitative estimate of drug-likeness (QED) is 0.762. The van der Waals surface area contributed by atoms with Crippen molar-refractivity contribution in [3.63, 3.8) is 0 Å². The van der Waals surface area contributed by atoms with Crippen LogP contribution in [0.2, 0.25) is 0 Å². The second kappa shape index (κ2) is 8.06. The second-order valence-electron chi connectivity index (χ2n) is 3.71. The number of hydrogen-bond acceptors (Lipinski definition) is 4. The molecule has 0 fully saturated rings. The molecule has 0 aliphatic carbocycles. The van der Waals surface area contributed by atoms with E-state index in [1.54, 1.807) is 25.6 Å². The predicted molar refractivity (Wildman–Crippen MR) is 80.1 cm³/mol. The molecule has 1 aromatic rings. The molecule has 1 rings (SSSR count). The monoisotopic (exact) mass is 303 g/mol. The van der Waals surface area contributed by atoms with Gasteiger partial charge in [0.15, 0.2) is 0 Å². The first-order chi connectivity index (χ1) is 9.08. The maximum Gasteiger partial charge on any atom is 0.141 e. The van der Waals surface area contributed by atoms with Gasteiger partial charge >= 0.3 is 0 Å². The van der Waals surface area contributed by atoms with Gasteiger partial charge in [-0.3, -0.25) is 4.72 Å². The average Bonchev–Trinajstić information content (AvgIpc) is 2.76. The summed E-state index contributed by atoms with van der Waals surface area (Å²) < 4.78 is 28.2. The highest BCUT2D eigenvalue weighted by Crippen LogP contribution is 2.19. The number of nitrogens with one attached hydrogen (secondary N) is 2. The fourth-order valence-corrected chi connectivity index (χ4v) is 3.16. The van der Waals surface area contributed by atoms with Crippen molar-refractivity contribution in [3.8, 4) is 0 Å². The van der Waals surface area contributed by atoms with Gasteiger partial charge in [0.25, 0.3) is 0 Å². The maximum absolute atomic E-state index is 13.6. The Morgan fingerprint density at radius 3 is 2.89 bits per heavy atom. The van der Waals surface area contributed by atoms with Gasteiger partial charge in [0.2, 0.25) is 0 Å². The van der Waals surface area contributed by atoms with Gasteiger partial charge in [-0.15, -0.1) is 11.3 Å². The lowest BCUT2D eigenvalue weighted by molar-refractivity contribution is 0.627. The molecule has 0 amide bonds. The number of rotatable bonds is 7. The molecular formula is C12H18FN3OS2. The van der Waals surface area contributed by atoms with E-state index in [-0.39, 0.29) is 5.83 Å². The Labute approximate surface area is 119 Å². The Morgan fingerprint density at radius 1 is 1.63 bits per heavy atom. The fraction of sp³-hybridized carbons (Fsp3) is 0.417. The Morgan fingerprint density at radius 2 is 2.37 bits per heavy atom. The maximum atomic E-state index is 13.6. The highest BCUT2D eigenvalue weighted by molar-refractivity contribution is 7.86. The highest BCUT2D eigenvalue weighted by atomic mass is 32.2. The molecule has 1 unspecified atom stereocenters. The topological polar surface area (TPSA) is 54.0 Å². The summed E-state index contributed by atoms with van der Waals surface area (Å²) in [5, 5.41) is 3.55. The van der Waals surface area contributed by atoms with Crippen LogP contribution in [0.1, 0.15) is 19.0 Å². The lowest BCUT2D eigenvalue weighted by Crippen LogP contribution is -2.09. The third kappa shape index (κ3) is 5.12. The van der Waals surface area contributed by atoms with Gasteiger partial charge in [-0.1, -0.05) is 6.08 Å². The van der Waals surface area contributed by atoms with Crippen LogP contribution in [0.25, 0.3) is 0 Å². The third-order valence-electron chi connectivity index (χ3n) is 2.39. The molecule has 0 aromatic carbocycles. The summed E-state index contributed by atoms with van der Waals surface area (Å²) in [6, 6.07) is 0. The molecule has 0 aliphatic heterocycles. The number of halogens is 1. The van der Waals surface area contributed by atoms with Crippen molar-refractivity contribution < 1.29 is 8.60 Å². The van der Waals surface area contributed by atoms with Gasteiger partial charge in [-0.05, 0) is 26.3 Å². The normalized spacial score (nSPS) is 14.3. The molecule has 0 aliphatic rings. The van der Waals surface area contributed by atoms with E-state index in [4.69, 9.17) is 0 Å². The van der Waals surface area contributed by atoms with E-state index in [0.717, 1.165) is 10.7 Å². The zero-order valence-electron chi connectivity index (χ0n) is 11.2. The molecule has 2 N–H and O–H groups in total. The number of aromatic nitrogens is 1. The van der Waals surface area contributed by atoms with Crippen molar-refractivity contribution in [1.82, 2.24) is 10.3 Å². The second-order valence-corrected chi connectivity index (χ2v) is 5.87. The molecule has 19 heavy (non-hydrogen) atoms. The molecule has 106 valence electrons. The van der Waals surface area contributed by atoms with Crippen LogP contribution in [0.4, 0.5) is 9.39 Å². The number of hydrogen-bond donors (Lipinski definition) is 2. The first kappa shape index (κ1) is 15.8. The minimum Gasteiger partial charge on any atom is -0.386 e. The zero-order valence-corrected chi connectivity index (χ0v) is 12.8. The average molecular weight is 303 g/mol. The van der Waals surface area contributed by atoms with Crippen LogP contribution in [-0.4, -0.2) is 22.0 Å². The number of likely N-dealkylation sites (N-methyl/N-ethyl adjacent to an activating group) is 1. The fourth-order valence-electron chi connectivity index (χ4n) is 1.36. The summed E-state index contributed by atoms with van der Waals surface area (Å²) in [7, 11) is 0.438. The first-order valence-electron chi connectivity index (χ1n) is 5.83. The summed E-state index contributed by atoms with van der Waals surface area (Å²) in [6.07, 6.45) is 3.50. The third-order valence-corrected chi connectivity index (χ3v) is 4.41. The Balaban J connectivity index is 2.43. The number of anilines is 1. The van der Waals surface area contributed by atoms with E-state index in [9.17, 15) is 8.60 Å². The summed E-state index contributed by atoms with van der Waals surface area (Å²) in [5.41, 5.74) is 2.96. The van der Waals surface area contributed by atoms with Crippen molar-refractivity contribution in [1.29, 1.82) is 0 Å². The van der Waals surface area contributed by atoms with Crippen LogP contribution < -0.4 is 10.0 Å². The van der Waals surface area contributed by atoms with Crippen molar-refractivity contribution in [2.75, 3.05) is 17.5 Å². The number of allylic oxidation sites excluding steroid dienone is 3. The molecule has 1 aromatic heterocycles. The number of nitrogens with zero attached hydrogens (tertiary/aromatic N) is 1. The van der Waals surface area contributed by atoms with E-state index in [0.29, 0.717) is 17.9 Å². The molecule has 0 radical (unpaired) electrons. The minimum atomic E-state index is -1.22. The van der Waals surface area contributed by atoms with Crippen LogP contribution in [0.5, 0.6) is 0 Å². The van der Waals surface area contributed by atoms with E-state index < -0.39 is 11.0 Å². The van der Waals surface area contributed by atoms with Crippen LogP contribution in [0.3, 0.4) is 0 Å². The standard InChI is InChI=1S/C12H18FN3OS2/c1-4-11(14-3)10(13)6-5-7-19(17)16-12-9(2)15-8-18-12/h4,6,8,14,16H,5,7H2,1-3H3/b10-6+,11-4+. The van der Waals surface area contributed by atoms with Crippen molar-refractivity contribution in [3.05, 3.63) is 34.9 Å². The Hall–Kier alpha value is -1.21. The van der Waals surface area contributed by atoms with Gasteiger partial charge in [0, 0.05) is 12.8 Å². The van der Waals surface area contributed by atoms with Crippen LogP contribution in [0, 0.1) is 6.92 Å². The summed E-state index contributed by atoms with van der Waals surface area (Å²) in [6.45, 7) is 3.60. The molecule has 1 atom stereocenters. The van der Waals surface area contributed by atoms with Gasteiger partial charge in [0.05, 0.1) is 16.9 Å². The molecule has 4 nitrogen and oxygen atoms in total. The summed E-state index contributed by atoms with van der Waals surface area (Å²) in [5.74, 6) is 0.0295. The Bertz CT molecular complexity index is 497. The van der Waals surface area contributed by atoms with Gasteiger partial charge in [-0.2, -0.15) is 0 Å². The molecular weight excluding hydrogens is 285 g/mol. The molecule has 0 bridgehead atoms. The van der Waals surface area contributed by atoms with Crippen LogP contribution in [-0.2, 0) is 11.0 Å². The highest BCUT2D eigenvalue weighted by Gasteiger charge is 2.05. The number of aryl methyl sites for hydroxylation is 1. The number of thiazole rings is 1. The molecule has 0 saturated heterocycles. The van der Waals surface area contributed by atoms with Gasteiger partial charge in [-0.25, -0.2) is 13.6 Å². The van der Waals surface area contributed by atoms with E-state index >= 15 is 0 Å². The van der Waals surface area contributed by atoms with Crippen molar-refractivity contribution in [2.45, 2.75) is 20.3 Å². The van der Waals surface area contributed by atoms with E-state index in [2.05, 4.69) is 15.0 Å². The van der Waals surface area contributed by atoms with E-state index in [1.165, 1.54) is 17.4 Å². The summed E-state index contributed by atoms with van der Waals surface area (Å²) >= 11 is 1.41. The lowest BCUT2D eigenvalue weighted by Gasteiger charge is -2.04. The van der Waals surface area contributed by atoms with Crippen molar-refractivity contribution >= 4 is 27.3 Å². The summed E-state index contributed by atoms with van der Waals surface area (Å²) in [4.78, 5) is 4.06. The van der Waals surface area contributed by atoms with Gasteiger partial charge < -0.3 is 5.32 Å². The first-order valence-corrected chi connectivity index (χ1v) is 8.03. The smallest absolute Gasteiger partial charge is 0.141 e.